The van der Waals surface area contributed by atoms with Gasteiger partial charge in [0.05, 0.1) is 23.2 Å². The molecule has 0 unspecified atom stereocenters. The maximum Gasteiger partial charge on any atom is 0.416 e. The van der Waals surface area contributed by atoms with Crippen LogP contribution in [-0.2, 0) is 22.6 Å². The molecule has 0 atom stereocenters. The van der Waals surface area contributed by atoms with Gasteiger partial charge >= 0.3 is 6.18 Å². The number of imidazole rings is 1. The fourth-order valence-electron chi connectivity index (χ4n) is 3.15. The van der Waals surface area contributed by atoms with Gasteiger partial charge in [0, 0.05) is 6.20 Å². The SMILES string of the molecule is CCS(=O)(=O)c1c(-c2ccc(OCc3ccccc3)cn2)nc2cc(C(F)(F)F)ccn12. The van der Waals surface area contributed by atoms with Crippen molar-refractivity contribution in [3.63, 3.8) is 0 Å². The van der Waals surface area contributed by atoms with Gasteiger partial charge in [-0.2, -0.15) is 13.2 Å². The van der Waals surface area contributed by atoms with Crippen molar-refractivity contribution in [1.82, 2.24) is 14.4 Å². The molecule has 3 aromatic heterocycles. The van der Waals surface area contributed by atoms with Crippen LogP contribution in [0.4, 0.5) is 13.2 Å². The van der Waals surface area contributed by atoms with Crippen molar-refractivity contribution in [2.45, 2.75) is 24.7 Å². The Hall–Kier alpha value is -3.40. The van der Waals surface area contributed by atoms with Crippen molar-refractivity contribution in [3.05, 3.63) is 78.1 Å². The van der Waals surface area contributed by atoms with Crippen LogP contribution in [0.3, 0.4) is 0 Å². The normalized spacial score (nSPS) is 12.2. The molecule has 166 valence electrons. The van der Waals surface area contributed by atoms with E-state index < -0.39 is 21.6 Å². The minimum atomic E-state index is -4.58. The van der Waals surface area contributed by atoms with E-state index in [0.29, 0.717) is 12.4 Å². The molecule has 3 heterocycles. The molecule has 0 radical (unpaired) electrons. The van der Waals surface area contributed by atoms with Crippen molar-refractivity contribution in [1.29, 1.82) is 0 Å². The maximum atomic E-state index is 13.1. The largest absolute Gasteiger partial charge is 0.487 e. The number of benzene rings is 1. The molecule has 0 aliphatic heterocycles. The fourth-order valence-corrected chi connectivity index (χ4v) is 4.32. The number of sulfone groups is 1. The third-order valence-corrected chi connectivity index (χ3v) is 6.55. The Bertz CT molecular complexity index is 1350. The Morgan fingerprint density at radius 1 is 1.06 bits per heavy atom. The number of hydrogen-bond donors (Lipinski definition) is 0. The first-order valence-corrected chi connectivity index (χ1v) is 11.3. The van der Waals surface area contributed by atoms with Gasteiger partial charge in [-0.15, -0.1) is 0 Å². The highest BCUT2D eigenvalue weighted by Gasteiger charge is 2.32. The molecular formula is C22H18F3N3O3S. The van der Waals surface area contributed by atoms with Crippen LogP contribution in [-0.4, -0.2) is 28.5 Å². The average Bonchev–Trinajstić information content (AvgIpc) is 3.18. The average molecular weight is 461 g/mol. The van der Waals surface area contributed by atoms with Gasteiger partial charge < -0.3 is 4.74 Å². The molecule has 1 aromatic carbocycles. The van der Waals surface area contributed by atoms with Crippen molar-refractivity contribution >= 4 is 15.5 Å². The van der Waals surface area contributed by atoms with E-state index in [1.807, 2.05) is 30.3 Å². The second-order valence-corrected chi connectivity index (χ2v) is 9.16. The van der Waals surface area contributed by atoms with Crippen LogP contribution in [0.25, 0.3) is 17.0 Å². The number of pyridine rings is 2. The number of nitrogens with zero attached hydrogens (tertiary/aromatic N) is 3. The highest BCUT2D eigenvalue weighted by Crippen LogP contribution is 2.33. The fraction of sp³-hybridized carbons (Fsp3) is 0.182. The lowest BCUT2D eigenvalue weighted by atomic mass is 10.2. The first-order chi connectivity index (χ1) is 15.2. The molecule has 32 heavy (non-hydrogen) atoms. The Morgan fingerprint density at radius 2 is 1.81 bits per heavy atom. The van der Waals surface area contributed by atoms with Gasteiger partial charge in [0.15, 0.2) is 14.9 Å². The molecule has 0 aliphatic carbocycles. The van der Waals surface area contributed by atoms with Crippen LogP contribution in [0.15, 0.2) is 72.0 Å². The van der Waals surface area contributed by atoms with E-state index in [2.05, 4.69) is 9.97 Å². The van der Waals surface area contributed by atoms with E-state index in [0.717, 1.165) is 28.3 Å². The zero-order valence-corrected chi connectivity index (χ0v) is 17.7. The highest BCUT2D eigenvalue weighted by atomic mass is 32.2. The molecule has 6 nitrogen and oxygen atoms in total. The first-order valence-electron chi connectivity index (χ1n) is 9.64. The van der Waals surface area contributed by atoms with E-state index in [9.17, 15) is 21.6 Å². The topological polar surface area (TPSA) is 73.6 Å². The summed E-state index contributed by atoms with van der Waals surface area (Å²) in [7, 11) is -3.82. The number of fused-ring (bicyclic) bond motifs is 1. The zero-order chi connectivity index (χ0) is 22.9. The number of halogens is 3. The predicted octanol–water partition coefficient (Wildman–Crippen LogP) is 4.79. The van der Waals surface area contributed by atoms with Crippen LogP contribution in [0.1, 0.15) is 18.1 Å². The number of aromatic nitrogens is 3. The second-order valence-electron chi connectivity index (χ2n) is 6.96. The summed E-state index contributed by atoms with van der Waals surface area (Å²) in [5.74, 6) is 0.216. The Balaban J connectivity index is 1.73. The van der Waals surface area contributed by atoms with Crippen molar-refractivity contribution < 1.29 is 26.3 Å². The minimum Gasteiger partial charge on any atom is -0.487 e. The van der Waals surface area contributed by atoms with E-state index in [4.69, 9.17) is 4.74 Å². The molecule has 10 heteroatoms. The van der Waals surface area contributed by atoms with Crippen LogP contribution in [0.2, 0.25) is 0 Å². The van der Waals surface area contributed by atoms with Crippen LogP contribution >= 0.6 is 0 Å². The van der Waals surface area contributed by atoms with Crippen molar-refractivity contribution in [2.75, 3.05) is 5.75 Å². The summed E-state index contributed by atoms with van der Waals surface area (Å²) in [6, 6.07) is 14.3. The molecule has 4 rings (SSSR count). The van der Waals surface area contributed by atoms with Gasteiger partial charge in [0.1, 0.15) is 23.7 Å². The molecule has 0 saturated carbocycles. The summed E-state index contributed by atoms with van der Waals surface area (Å²) >= 11 is 0. The molecule has 0 bridgehead atoms. The first kappa shape index (κ1) is 21.8. The van der Waals surface area contributed by atoms with E-state index in [1.54, 1.807) is 6.07 Å². The third kappa shape index (κ3) is 4.31. The van der Waals surface area contributed by atoms with Crippen LogP contribution < -0.4 is 4.74 Å². The summed E-state index contributed by atoms with van der Waals surface area (Å²) in [5.41, 5.74) is 0.114. The number of hydrogen-bond acceptors (Lipinski definition) is 5. The Labute approximate surface area is 182 Å². The lowest BCUT2D eigenvalue weighted by Crippen LogP contribution is -2.10. The van der Waals surface area contributed by atoms with E-state index >= 15 is 0 Å². The molecule has 0 aliphatic rings. The predicted molar refractivity (Wildman–Crippen MR) is 112 cm³/mol. The Kier molecular flexibility index (Phi) is 5.64. The lowest BCUT2D eigenvalue weighted by Gasteiger charge is -2.08. The number of rotatable bonds is 6. The molecule has 4 aromatic rings. The van der Waals surface area contributed by atoms with Crippen LogP contribution in [0, 0.1) is 0 Å². The molecule has 0 spiro atoms. The summed E-state index contributed by atoms with van der Waals surface area (Å²) < 4.78 is 71.6. The van der Waals surface area contributed by atoms with Gasteiger partial charge in [-0.3, -0.25) is 9.38 Å². The summed E-state index contributed by atoms with van der Waals surface area (Å²) in [4.78, 5) is 8.42. The Morgan fingerprint density at radius 3 is 2.44 bits per heavy atom. The van der Waals surface area contributed by atoms with Gasteiger partial charge in [-0.1, -0.05) is 37.3 Å². The summed E-state index contributed by atoms with van der Waals surface area (Å²) in [6.45, 7) is 1.78. The van der Waals surface area contributed by atoms with Crippen molar-refractivity contribution in [2.24, 2.45) is 0 Å². The maximum absolute atomic E-state index is 13.1. The van der Waals surface area contributed by atoms with Crippen molar-refractivity contribution in [3.8, 4) is 17.1 Å². The standard InChI is InChI=1S/C22H18F3N3O3S/c1-2-32(29,30)21-20(27-19-12-16(22(23,24)25)10-11-28(19)21)18-9-8-17(13-26-18)31-14-15-6-4-3-5-7-15/h3-13H,2,14H2,1H3. The van der Waals surface area contributed by atoms with E-state index in [1.165, 1.54) is 19.2 Å². The quantitative estimate of drug-likeness (QED) is 0.413. The van der Waals surface area contributed by atoms with Crippen LogP contribution in [0.5, 0.6) is 5.75 Å². The second kappa shape index (κ2) is 8.27. The monoisotopic (exact) mass is 461 g/mol. The molecule has 0 fully saturated rings. The van der Waals surface area contributed by atoms with E-state index in [-0.39, 0.29) is 27.8 Å². The van der Waals surface area contributed by atoms with Gasteiger partial charge in [-0.25, -0.2) is 13.4 Å². The molecule has 0 N–H and O–H groups in total. The molecular weight excluding hydrogens is 443 g/mol. The van der Waals surface area contributed by atoms with Gasteiger partial charge in [0.25, 0.3) is 0 Å². The minimum absolute atomic E-state index is 0.0132. The molecule has 0 saturated heterocycles. The summed E-state index contributed by atoms with van der Waals surface area (Å²) in [5, 5.41) is -0.200. The highest BCUT2D eigenvalue weighted by molar-refractivity contribution is 7.91. The smallest absolute Gasteiger partial charge is 0.416 e. The summed E-state index contributed by atoms with van der Waals surface area (Å²) in [6.07, 6.45) is -2.09. The lowest BCUT2D eigenvalue weighted by molar-refractivity contribution is -0.137. The van der Waals surface area contributed by atoms with Gasteiger partial charge in [0.2, 0.25) is 0 Å². The third-order valence-electron chi connectivity index (χ3n) is 4.81. The zero-order valence-electron chi connectivity index (χ0n) is 16.9. The molecule has 0 amide bonds. The number of ether oxygens (including phenoxy) is 1. The van der Waals surface area contributed by atoms with Gasteiger partial charge in [-0.05, 0) is 29.8 Å². The number of alkyl halides is 3.